The Morgan fingerprint density at radius 3 is 2.61 bits per heavy atom. The number of hydrogen-bond donors (Lipinski definition) is 1. The summed E-state index contributed by atoms with van der Waals surface area (Å²) < 4.78 is 5.21. The third kappa shape index (κ3) is 4.58. The third-order valence-corrected chi connectivity index (χ3v) is 3.22. The maximum atomic E-state index is 5.21. The maximum absolute atomic E-state index is 5.21. The van der Waals surface area contributed by atoms with Crippen LogP contribution in [0, 0.1) is 12.8 Å². The van der Waals surface area contributed by atoms with E-state index in [9.17, 15) is 0 Å². The van der Waals surface area contributed by atoms with Gasteiger partial charge in [-0.25, -0.2) is 4.98 Å². The van der Waals surface area contributed by atoms with Crippen molar-refractivity contribution in [1.29, 1.82) is 0 Å². The van der Waals surface area contributed by atoms with Crippen LogP contribution in [0.5, 0.6) is 5.88 Å². The summed E-state index contributed by atoms with van der Waals surface area (Å²) in [5, 5.41) is 3.58. The minimum atomic E-state index is 0. The molecule has 0 saturated carbocycles. The molecule has 1 aromatic rings. The standard InChI is InChI=1S/C13H20N2O.B.Na/c1-9-4-5-12(14-8-9)11-6-10(2)15-13(7-11)16-3;;/h6-7,9,12,14H,4-5,8H2,1-3H3;;/q;-1;+1/t9-,12+;;/m0../s1. The molecule has 92 valence electrons. The second-order valence-corrected chi connectivity index (χ2v) is 4.73. The molecule has 0 spiro atoms. The normalized spacial score (nSPS) is 22.6. The van der Waals surface area contributed by atoms with E-state index >= 15 is 0 Å². The zero-order chi connectivity index (χ0) is 11.5. The molecule has 0 unspecified atom stereocenters. The molecule has 0 aliphatic carbocycles. The first-order valence-corrected chi connectivity index (χ1v) is 5.95. The van der Waals surface area contributed by atoms with Crippen molar-refractivity contribution in [3.8, 4) is 5.88 Å². The van der Waals surface area contributed by atoms with Crippen LogP contribution in [0.3, 0.4) is 0 Å². The van der Waals surface area contributed by atoms with E-state index in [0.717, 1.165) is 24.0 Å². The molecule has 18 heavy (non-hydrogen) atoms. The molecule has 3 nitrogen and oxygen atoms in total. The molecule has 1 aliphatic rings. The van der Waals surface area contributed by atoms with Gasteiger partial charge in [-0.1, -0.05) is 6.92 Å². The molecule has 1 N–H and O–H groups in total. The summed E-state index contributed by atoms with van der Waals surface area (Å²) in [6.45, 7) is 5.41. The van der Waals surface area contributed by atoms with Gasteiger partial charge in [-0.15, -0.1) is 0 Å². The molecule has 1 saturated heterocycles. The molecule has 0 bridgehead atoms. The van der Waals surface area contributed by atoms with Gasteiger partial charge in [-0.05, 0) is 43.9 Å². The number of nitrogens with one attached hydrogen (secondary N) is 1. The molecule has 2 heterocycles. The summed E-state index contributed by atoms with van der Waals surface area (Å²) in [5.74, 6) is 1.51. The number of pyridine rings is 1. The number of hydrogen-bond acceptors (Lipinski definition) is 3. The molecule has 2 rings (SSSR count). The zero-order valence-corrected chi connectivity index (χ0v) is 13.9. The Kier molecular flexibility index (Phi) is 8.20. The first-order chi connectivity index (χ1) is 7.69. The van der Waals surface area contributed by atoms with Crippen molar-refractivity contribution in [2.45, 2.75) is 32.7 Å². The summed E-state index contributed by atoms with van der Waals surface area (Å²) in [6, 6.07) is 4.66. The van der Waals surface area contributed by atoms with Crippen LogP contribution < -0.4 is 39.6 Å². The smallest absolute Gasteiger partial charge is 1.00 e. The summed E-state index contributed by atoms with van der Waals surface area (Å²) in [5.41, 5.74) is 2.33. The van der Waals surface area contributed by atoms with Crippen LogP contribution in [-0.2, 0) is 0 Å². The Bertz CT molecular complexity index is 368. The van der Waals surface area contributed by atoms with Crippen molar-refractivity contribution in [3.63, 3.8) is 0 Å². The topological polar surface area (TPSA) is 34.1 Å². The van der Waals surface area contributed by atoms with Crippen LogP contribution in [0.15, 0.2) is 12.1 Å². The van der Waals surface area contributed by atoms with Gasteiger partial charge in [0.15, 0.2) is 0 Å². The summed E-state index contributed by atoms with van der Waals surface area (Å²) in [4.78, 5) is 4.31. The third-order valence-electron chi connectivity index (χ3n) is 3.22. The van der Waals surface area contributed by atoms with Gasteiger partial charge in [0.05, 0.1) is 7.11 Å². The van der Waals surface area contributed by atoms with Gasteiger partial charge < -0.3 is 18.5 Å². The minimum absolute atomic E-state index is 0. The molecule has 0 aromatic carbocycles. The van der Waals surface area contributed by atoms with Crippen molar-refractivity contribution in [1.82, 2.24) is 10.3 Å². The van der Waals surface area contributed by atoms with E-state index < -0.39 is 0 Å². The van der Waals surface area contributed by atoms with Crippen LogP contribution in [0.25, 0.3) is 0 Å². The van der Waals surface area contributed by atoms with Gasteiger partial charge in [-0.2, -0.15) is 0 Å². The Hall–Kier alpha value is -0.0251. The molecule has 2 atom stereocenters. The Labute approximate surface area is 134 Å². The van der Waals surface area contributed by atoms with E-state index in [0.29, 0.717) is 6.04 Å². The van der Waals surface area contributed by atoms with Gasteiger partial charge in [-0.3, -0.25) is 0 Å². The van der Waals surface area contributed by atoms with Crippen LogP contribution in [0.1, 0.15) is 37.1 Å². The molecule has 5 heteroatoms. The average molecular weight is 254 g/mol. The fraction of sp³-hybridized carbons (Fsp3) is 0.615. The first kappa shape index (κ1) is 18.0. The second kappa shape index (κ2) is 8.21. The van der Waals surface area contributed by atoms with E-state index in [2.05, 4.69) is 23.3 Å². The first-order valence-electron chi connectivity index (χ1n) is 5.95. The maximum Gasteiger partial charge on any atom is 1.00 e. The van der Waals surface area contributed by atoms with E-state index in [1.165, 1.54) is 18.4 Å². The molecule has 1 aliphatic heterocycles. The average Bonchev–Trinajstić information content (AvgIpc) is 2.29. The molecule has 4 radical (unpaired) electrons. The van der Waals surface area contributed by atoms with Crippen molar-refractivity contribution >= 4 is 8.41 Å². The number of piperidine rings is 1. The molecule has 0 amide bonds. The van der Waals surface area contributed by atoms with Crippen molar-refractivity contribution in [2.75, 3.05) is 13.7 Å². The summed E-state index contributed by atoms with van der Waals surface area (Å²) >= 11 is 0. The van der Waals surface area contributed by atoms with Gasteiger partial charge in [0.2, 0.25) is 5.88 Å². The molecular formula is C13H20BN2NaO. The Morgan fingerprint density at radius 1 is 1.33 bits per heavy atom. The van der Waals surface area contributed by atoms with Gasteiger partial charge in [0.1, 0.15) is 0 Å². The number of nitrogens with zero attached hydrogens (tertiary/aromatic N) is 1. The molecule has 1 aromatic heterocycles. The molecular weight excluding hydrogens is 234 g/mol. The predicted octanol–water partition coefficient (Wildman–Crippen LogP) is -0.918. The van der Waals surface area contributed by atoms with Crippen molar-refractivity contribution in [3.05, 3.63) is 23.4 Å². The van der Waals surface area contributed by atoms with Crippen LogP contribution in [-0.4, -0.2) is 27.1 Å². The number of ether oxygens (including phenoxy) is 1. The molecule has 1 fully saturated rings. The van der Waals surface area contributed by atoms with Gasteiger partial charge >= 0.3 is 29.6 Å². The number of methoxy groups -OCH3 is 1. The predicted molar refractivity (Wildman–Crippen MR) is 70.4 cm³/mol. The second-order valence-electron chi connectivity index (χ2n) is 4.73. The number of aryl methyl sites for hydroxylation is 1. The number of rotatable bonds is 2. The van der Waals surface area contributed by atoms with Crippen LogP contribution >= 0.6 is 0 Å². The number of aromatic nitrogens is 1. The Morgan fingerprint density at radius 2 is 2.06 bits per heavy atom. The van der Waals surface area contributed by atoms with Crippen molar-refractivity contribution < 1.29 is 34.3 Å². The van der Waals surface area contributed by atoms with Crippen LogP contribution in [0.4, 0.5) is 0 Å². The fourth-order valence-corrected chi connectivity index (χ4v) is 2.25. The van der Waals surface area contributed by atoms with Crippen LogP contribution in [0.2, 0.25) is 0 Å². The minimum Gasteiger partial charge on any atom is -1.00 e. The van der Waals surface area contributed by atoms with E-state index in [4.69, 9.17) is 4.74 Å². The summed E-state index contributed by atoms with van der Waals surface area (Å²) in [6.07, 6.45) is 2.50. The van der Waals surface area contributed by atoms with Gasteiger partial charge in [0, 0.05) is 17.8 Å². The monoisotopic (exact) mass is 254 g/mol. The quantitative estimate of drug-likeness (QED) is 0.693. The van der Waals surface area contributed by atoms with E-state index in [-0.39, 0.29) is 38.0 Å². The van der Waals surface area contributed by atoms with Crippen molar-refractivity contribution in [2.24, 2.45) is 5.92 Å². The van der Waals surface area contributed by atoms with Gasteiger partial charge in [0.25, 0.3) is 0 Å². The van der Waals surface area contributed by atoms with E-state index in [1.54, 1.807) is 7.11 Å². The summed E-state index contributed by atoms with van der Waals surface area (Å²) in [7, 11) is 1.67. The van der Waals surface area contributed by atoms with E-state index in [1.807, 2.05) is 13.0 Å². The fourth-order valence-electron chi connectivity index (χ4n) is 2.25. The zero-order valence-electron chi connectivity index (χ0n) is 11.9. The SMILES string of the molecule is COc1cc([C@H]2CC[C@H](C)CN2)cc(C)n1.[B-].[Na+]. The largest absolute Gasteiger partial charge is 1.00 e. The Balaban J connectivity index is 0.00000144.